The van der Waals surface area contributed by atoms with Gasteiger partial charge in [-0.2, -0.15) is 0 Å². The number of ketones is 1. The molecule has 1 nitrogen and oxygen atoms in total. The van der Waals surface area contributed by atoms with E-state index in [1.165, 1.54) is 0 Å². The van der Waals surface area contributed by atoms with Crippen molar-refractivity contribution in [1.82, 2.24) is 0 Å². The second kappa shape index (κ2) is 4.01. The smallest absolute Gasteiger partial charge is 0.163 e. The van der Waals surface area contributed by atoms with E-state index < -0.39 is 0 Å². The molecule has 0 saturated heterocycles. The van der Waals surface area contributed by atoms with Crippen LogP contribution in [-0.2, 0) is 6.42 Å². The first-order chi connectivity index (χ1) is 8.24. The average Bonchev–Trinajstić information content (AvgIpc) is 2.71. The van der Waals surface area contributed by atoms with E-state index >= 15 is 0 Å². The van der Waals surface area contributed by atoms with Crippen molar-refractivity contribution in [3.05, 3.63) is 58.6 Å². The van der Waals surface area contributed by atoms with Crippen LogP contribution < -0.4 is 0 Å². The Kier molecular flexibility index (Phi) is 2.49. The number of halogens is 1. The highest BCUT2D eigenvalue weighted by Gasteiger charge is 2.19. The van der Waals surface area contributed by atoms with Crippen LogP contribution in [0.15, 0.2) is 42.5 Å². The molecule has 0 fully saturated rings. The number of rotatable bonds is 1. The predicted molar refractivity (Wildman–Crippen MR) is 69.5 cm³/mol. The van der Waals surface area contributed by atoms with E-state index in [-0.39, 0.29) is 5.78 Å². The second-order valence-electron chi connectivity index (χ2n) is 4.31. The van der Waals surface area contributed by atoms with Gasteiger partial charge >= 0.3 is 0 Å². The van der Waals surface area contributed by atoms with Gasteiger partial charge in [0.05, 0.1) is 0 Å². The predicted octanol–water partition coefficient (Wildman–Crippen LogP) is 4.14. The topological polar surface area (TPSA) is 17.1 Å². The van der Waals surface area contributed by atoms with Crippen LogP contribution in [0, 0.1) is 0 Å². The van der Waals surface area contributed by atoms with Crippen molar-refractivity contribution < 1.29 is 4.79 Å². The molecule has 0 amide bonds. The number of Topliss-reactive ketones (excluding diaryl/α,β-unsaturated/α-hetero) is 1. The van der Waals surface area contributed by atoms with Crippen molar-refractivity contribution in [2.75, 3.05) is 0 Å². The fraction of sp³-hybridized carbons (Fsp3) is 0.133. The van der Waals surface area contributed by atoms with Crippen LogP contribution in [-0.4, -0.2) is 5.78 Å². The molecule has 2 aromatic carbocycles. The molecule has 84 valence electrons. The molecule has 0 aromatic heterocycles. The van der Waals surface area contributed by atoms with E-state index in [2.05, 4.69) is 6.07 Å². The second-order valence-corrected chi connectivity index (χ2v) is 4.74. The van der Waals surface area contributed by atoms with Gasteiger partial charge in [0.1, 0.15) is 0 Å². The molecule has 3 rings (SSSR count). The van der Waals surface area contributed by atoms with Crippen LogP contribution in [0.3, 0.4) is 0 Å². The monoisotopic (exact) mass is 242 g/mol. The summed E-state index contributed by atoms with van der Waals surface area (Å²) in [5.41, 5.74) is 4.27. The summed E-state index contributed by atoms with van der Waals surface area (Å²) in [6.45, 7) is 0. The normalized spacial score (nSPS) is 13.8. The zero-order valence-electron chi connectivity index (χ0n) is 9.24. The van der Waals surface area contributed by atoms with Crippen LogP contribution in [0.5, 0.6) is 0 Å². The molecule has 0 N–H and O–H groups in total. The van der Waals surface area contributed by atoms with Crippen LogP contribution in [0.25, 0.3) is 11.1 Å². The summed E-state index contributed by atoms with van der Waals surface area (Å²) in [4.78, 5) is 11.5. The van der Waals surface area contributed by atoms with Crippen molar-refractivity contribution in [2.45, 2.75) is 12.8 Å². The molecule has 17 heavy (non-hydrogen) atoms. The first kappa shape index (κ1) is 10.5. The zero-order valence-corrected chi connectivity index (χ0v) is 10.00. The minimum atomic E-state index is 0.262. The third-order valence-corrected chi connectivity index (χ3v) is 3.42. The largest absolute Gasteiger partial charge is 0.294 e. The minimum Gasteiger partial charge on any atom is -0.294 e. The van der Waals surface area contributed by atoms with Crippen molar-refractivity contribution in [3.63, 3.8) is 0 Å². The average molecular weight is 243 g/mol. The van der Waals surface area contributed by atoms with Crippen molar-refractivity contribution in [2.24, 2.45) is 0 Å². The lowest BCUT2D eigenvalue weighted by Crippen LogP contribution is -1.90. The fourth-order valence-corrected chi connectivity index (χ4v) is 2.49. The molecule has 0 radical (unpaired) electrons. The minimum absolute atomic E-state index is 0.262. The van der Waals surface area contributed by atoms with E-state index in [9.17, 15) is 4.79 Å². The van der Waals surface area contributed by atoms with E-state index in [1.54, 1.807) is 0 Å². The van der Waals surface area contributed by atoms with Crippen molar-refractivity contribution >= 4 is 17.4 Å². The Morgan fingerprint density at radius 1 is 0.941 bits per heavy atom. The highest BCUT2D eigenvalue weighted by molar-refractivity contribution is 6.30. The summed E-state index contributed by atoms with van der Waals surface area (Å²) in [6, 6.07) is 13.8. The highest BCUT2D eigenvalue weighted by atomic mass is 35.5. The first-order valence-electron chi connectivity index (χ1n) is 5.66. The third-order valence-electron chi connectivity index (χ3n) is 3.19. The highest BCUT2D eigenvalue weighted by Crippen LogP contribution is 2.29. The maximum atomic E-state index is 11.5. The molecule has 0 saturated carbocycles. The third kappa shape index (κ3) is 1.87. The zero-order chi connectivity index (χ0) is 11.8. The number of carbonyl (C=O) groups excluding carboxylic acids is 1. The number of hydrogen-bond acceptors (Lipinski definition) is 1. The quantitative estimate of drug-likeness (QED) is 0.735. The van der Waals surface area contributed by atoms with E-state index in [0.717, 1.165) is 33.7 Å². The van der Waals surface area contributed by atoms with Gasteiger partial charge in [0.2, 0.25) is 0 Å². The summed E-state index contributed by atoms with van der Waals surface area (Å²) < 4.78 is 0. The van der Waals surface area contributed by atoms with E-state index in [1.807, 2.05) is 36.4 Å². The number of hydrogen-bond donors (Lipinski definition) is 0. The molecular weight excluding hydrogens is 232 g/mol. The molecule has 2 aromatic rings. The Morgan fingerprint density at radius 3 is 2.59 bits per heavy atom. The van der Waals surface area contributed by atoms with Gasteiger partial charge in [-0.1, -0.05) is 41.9 Å². The maximum absolute atomic E-state index is 11.5. The van der Waals surface area contributed by atoms with Gasteiger partial charge in [-0.05, 0) is 35.2 Å². The number of benzene rings is 2. The van der Waals surface area contributed by atoms with Gasteiger partial charge < -0.3 is 0 Å². The molecule has 0 heterocycles. The summed E-state index contributed by atoms with van der Waals surface area (Å²) in [5, 5.41) is 0.735. The standard InChI is InChI=1S/C15H11ClO/c16-13-3-1-2-10(9-13)11-4-6-14-12(8-11)5-7-15(14)17/h1-4,6,8-9H,5,7H2. The summed E-state index contributed by atoms with van der Waals surface area (Å²) in [5.74, 6) is 0.262. The lowest BCUT2D eigenvalue weighted by atomic mass is 10.0. The molecule has 1 aliphatic rings. The molecule has 0 aliphatic heterocycles. The molecule has 0 unspecified atom stereocenters. The SMILES string of the molecule is O=C1CCc2cc(-c3cccc(Cl)c3)ccc21. The molecule has 0 bridgehead atoms. The lowest BCUT2D eigenvalue weighted by Gasteiger charge is -2.05. The molecule has 0 spiro atoms. The number of carbonyl (C=O) groups is 1. The summed E-state index contributed by atoms with van der Waals surface area (Å²) in [7, 11) is 0. The van der Waals surface area contributed by atoms with Crippen LogP contribution >= 0.6 is 11.6 Å². The fourth-order valence-electron chi connectivity index (χ4n) is 2.30. The van der Waals surface area contributed by atoms with Gasteiger partial charge in [0.15, 0.2) is 5.78 Å². The van der Waals surface area contributed by atoms with Crippen LogP contribution in [0.2, 0.25) is 5.02 Å². The van der Waals surface area contributed by atoms with Gasteiger partial charge in [-0.15, -0.1) is 0 Å². The summed E-state index contributed by atoms with van der Waals surface area (Å²) in [6.07, 6.45) is 1.51. The van der Waals surface area contributed by atoms with Gasteiger partial charge in [-0.3, -0.25) is 4.79 Å². The Morgan fingerprint density at radius 2 is 1.76 bits per heavy atom. The van der Waals surface area contributed by atoms with Gasteiger partial charge in [0, 0.05) is 17.0 Å². The maximum Gasteiger partial charge on any atom is 0.163 e. The molecular formula is C15H11ClO. The Balaban J connectivity index is 2.09. The van der Waals surface area contributed by atoms with E-state index in [0.29, 0.717) is 6.42 Å². The number of fused-ring (bicyclic) bond motifs is 1. The molecule has 0 atom stereocenters. The molecule has 2 heteroatoms. The van der Waals surface area contributed by atoms with Gasteiger partial charge in [-0.25, -0.2) is 0 Å². The first-order valence-corrected chi connectivity index (χ1v) is 6.04. The van der Waals surface area contributed by atoms with Crippen molar-refractivity contribution in [3.8, 4) is 11.1 Å². The van der Waals surface area contributed by atoms with Gasteiger partial charge in [0.25, 0.3) is 0 Å². The Hall–Kier alpha value is -1.60. The molecule has 1 aliphatic carbocycles. The van der Waals surface area contributed by atoms with Crippen LogP contribution in [0.4, 0.5) is 0 Å². The van der Waals surface area contributed by atoms with Crippen molar-refractivity contribution in [1.29, 1.82) is 0 Å². The summed E-state index contributed by atoms with van der Waals surface area (Å²) >= 11 is 5.98. The number of aryl methyl sites for hydroxylation is 1. The van der Waals surface area contributed by atoms with E-state index in [4.69, 9.17) is 11.6 Å². The van der Waals surface area contributed by atoms with Crippen LogP contribution in [0.1, 0.15) is 22.3 Å². The lowest BCUT2D eigenvalue weighted by molar-refractivity contribution is 0.0994. The Labute approximate surface area is 105 Å². The Bertz CT molecular complexity index is 602.